The summed E-state index contributed by atoms with van der Waals surface area (Å²) in [5, 5.41) is 1.71. The molecule has 0 aliphatic rings. The van der Waals surface area contributed by atoms with Crippen LogP contribution in [0.3, 0.4) is 0 Å². The lowest BCUT2D eigenvalue weighted by molar-refractivity contribution is 0.0996. The molecule has 1 amide bonds. The van der Waals surface area contributed by atoms with Crippen LogP contribution in [-0.2, 0) is 0 Å². The Kier molecular flexibility index (Phi) is 3.73. The molecule has 0 spiro atoms. The van der Waals surface area contributed by atoms with Crippen LogP contribution in [0.4, 0.5) is 8.78 Å². The Hall–Kier alpha value is -3.54. The highest BCUT2D eigenvalue weighted by Crippen LogP contribution is 2.35. The van der Waals surface area contributed by atoms with E-state index in [4.69, 9.17) is 10.2 Å². The van der Waals surface area contributed by atoms with Crippen molar-refractivity contribution in [3.8, 4) is 22.8 Å². The van der Waals surface area contributed by atoms with Gasteiger partial charge in [-0.15, -0.1) is 0 Å². The van der Waals surface area contributed by atoms with Gasteiger partial charge in [0.2, 0.25) is 5.89 Å². The van der Waals surface area contributed by atoms with E-state index in [-0.39, 0.29) is 17.3 Å². The van der Waals surface area contributed by atoms with Gasteiger partial charge in [0.1, 0.15) is 17.2 Å². The predicted molar refractivity (Wildman–Crippen MR) is 93.3 cm³/mol. The standard InChI is InChI=1S/C20H12F2N2O2/c21-14-9-4-10-15(22)16(14)20-24-17(19(23)25)18(26-20)13-8-3-6-11-5-1-2-7-12(11)13/h1-10H,(H2,23,25). The van der Waals surface area contributed by atoms with Gasteiger partial charge in [-0.2, -0.15) is 0 Å². The quantitative estimate of drug-likeness (QED) is 0.590. The molecular weight excluding hydrogens is 338 g/mol. The molecule has 1 aromatic heterocycles. The zero-order chi connectivity index (χ0) is 18.3. The smallest absolute Gasteiger partial charge is 0.271 e. The largest absolute Gasteiger partial charge is 0.435 e. The molecule has 0 atom stereocenters. The molecule has 0 bridgehead atoms. The Labute approximate surface area is 146 Å². The third kappa shape index (κ3) is 2.52. The molecule has 128 valence electrons. The van der Waals surface area contributed by atoms with Gasteiger partial charge in [-0.05, 0) is 22.9 Å². The lowest BCUT2D eigenvalue weighted by Gasteiger charge is -2.04. The topological polar surface area (TPSA) is 69.1 Å². The number of amides is 1. The van der Waals surface area contributed by atoms with Crippen molar-refractivity contribution in [1.29, 1.82) is 0 Å². The van der Waals surface area contributed by atoms with Crippen LogP contribution in [0.15, 0.2) is 65.1 Å². The molecule has 0 saturated heterocycles. The minimum absolute atomic E-state index is 0.0759. The van der Waals surface area contributed by atoms with Crippen molar-refractivity contribution >= 4 is 16.7 Å². The number of nitrogens with two attached hydrogens (primary N) is 1. The number of oxazole rings is 1. The number of halogens is 2. The number of aromatic nitrogens is 1. The second kappa shape index (κ2) is 6.07. The van der Waals surface area contributed by atoms with Crippen molar-refractivity contribution in [3.63, 3.8) is 0 Å². The maximum atomic E-state index is 14.1. The van der Waals surface area contributed by atoms with Crippen molar-refractivity contribution in [1.82, 2.24) is 4.98 Å². The third-order valence-corrected chi connectivity index (χ3v) is 4.07. The highest BCUT2D eigenvalue weighted by atomic mass is 19.1. The molecule has 0 aliphatic heterocycles. The number of hydrogen-bond donors (Lipinski definition) is 1. The van der Waals surface area contributed by atoms with Gasteiger partial charge in [-0.3, -0.25) is 4.79 Å². The van der Waals surface area contributed by atoms with Gasteiger partial charge in [0.25, 0.3) is 5.91 Å². The van der Waals surface area contributed by atoms with Gasteiger partial charge >= 0.3 is 0 Å². The maximum Gasteiger partial charge on any atom is 0.271 e. The second-order valence-corrected chi connectivity index (χ2v) is 5.68. The van der Waals surface area contributed by atoms with Crippen LogP contribution in [-0.4, -0.2) is 10.9 Å². The van der Waals surface area contributed by atoms with Gasteiger partial charge in [-0.1, -0.05) is 48.5 Å². The summed E-state index contributed by atoms with van der Waals surface area (Å²) in [7, 11) is 0. The van der Waals surface area contributed by atoms with Crippen LogP contribution in [0.2, 0.25) is 0 Å². The number of hydrogen-bond acceptors (Lipinski definition) is 3. The lowest BCUT2D eigenvalue weighted by atomic mass is 10.0. The highest BCUT2D eigenvalue weighted by Gasteiger charge is 2.24. The Balaban J connectivity index is 2.00. The fourth-order valence-electron chi connectivity index (χ4n) is 2.90. The van der Waals surface area contributed by atoms with Crippen LogP contribution in [0.1, 0.15) is 10.5 Å². The van der Waals surface area contributed by atoms with E-state index in [1.807, 2.05) is 30.3 Å². The SMILES string of the molecule is NC(=O)c1nc(-c2c(F)cccc2F)oc1-c1cccc2ccccc12. The van der Waals surface area contributed by atoms with E-state index in [1.165, 1.54) is 6.07 Å². The molecule has 1 heterocycles. The van der Waals surface area contributed by atoms with Crippen molar-refractivity contribution in [2.45, 2.75) is 0 Å². The number of benzene rings is 3. The van der Waals surface area contributed by atoms with Crippen LogP contribution < -0.4 is 5.73 Å². The molecule has 26 heavy (non-hydrogen) atoms. The summed E-state index contributed by atoms with van der Waals surface area (Å²) < 4.78 is 33.8. The van der Waals surface area contributed by atoms with E-state index in [0.29, 0.717) is 5.56 Å². The average Bonchev–Trinajstić information content (AvgIpc) is 3.06. The first-order chi connectivity index (χ1) is 12.6. The third-order valence-electron chi connectivity index (χ3n) is 4.07. The summed E-state index contributed by atoms with van der Waals surface area (Å²) >= 11 is 0. The number of nitrogens with zero attached hydrogens (tertiary/aromatic N) is 1. The summed E-state index contributed by atoms with van der Waals surface area (Å²) in [5.41, 5.74) is 5.35. The van der Waals surface area contributed by atoms with E-state index in [0.717, 1.165) is 22.9 Å². The second-order valence-electron chi connectivity index (χ2n) is 5.68. The molecule has 0 saturated carbocycles. The summed E-state index contributed by atoms with van der Waals surface area (Å²) in [5.74, 6) is -2.79. The number of fused-ring (bicyclic) bond motifs is 1. The molecule has 0 fully saturated rings. The Morgan fingerprint density at radius 2 is 1.58 bits per heavy atom. The maximum absolute atomic E-state index is 14.1. The molecule has 0 aliphatic carbocycles. The van der Waals surface area contributed by atoms with E-state index >= 15 is 0 Å². The van der Waals surface area contributed by atoms with E-state index < -0.39 is 23.1 Å². The Morgan fingerprint density at radius 3 is 2.31 bits per heavy atom. The Morgan fingerprint density at radius 1 is 0.923 bits per heavy atom. The molecule has 4 nitrogen and oxygen atoms in total. The average molecular weight is 350 g/mol. The van der Waals surface area contributed by atoms with Gasteiger partial charge in [-0.25, -0.2) is 13.8 Å². The van der Waals surface area contributed by atoms with Crippen LogP contribution in [0, 0.1) is 11.6 Å². The van der Waals surface area contributed by atoms with Gasteiger partial charge < -0.3 is 10.2 Å². The normalized spacial score (nSPS) is 11.0. The zero-order valence-corrected chi connectivity index (χ0v) is 13.4. The summed E-state index contributed by atoms with van der Waals surface area (Å²) in [6, 6.07) is 16.3. The first-order valence-corrected chi connectivity index (χ1v) is 7.79. The van der Waals surface area contributed by atoms with Crippen molar-refractivity contribution < 1.29 is 18.0 Å². The van der Waals surface area contributed by atoms with E-state index in [1.54, 1.807) is 12.1 Å². The molecule has 2 N–H and O–H groups in total. The van der Waals surface area contributed by atoms with Crippen LogP contribution >= 0.6 is 0 Å². The number of carbonyl (C=O) groups excluding carboxylic acids is 1. The summed E-state index contributed by atoms with van der Waals surface area (Å²) in [6.45, 7) is 0. The molecule has 4 aromatic rings. The molecule has 3 aromatic carbocycles. The van der Waals surface area contributed by atoms with E-state index in [2.05, 4.69) is 4.98 Å². The first kappa shape index (κ1) is 16.0. The summed E-state index contributed by atoms with van der Waals surface area (Å²) in [6.07, 6.45) is 0. The molecule has 0 unspecified atom stereocenters. The number of rotatable bonds is 3. The fourth-order valence-corrected chi connectivity index (χ4v) is 2.90. The summed E-state index contributed by atoms with van der Waals surface area (Å²) in [4.78, 5) is 15.8. The molecular formula is C20H12F2N2O2. The number of carbonyl (C=O) groups is 1. The molecule has 4 rings (SSSR count). The molecule has 6 heteroatoms. The van der Waals surface area contributed by atoms with Crippen molar-refractivity contribution in [2.75, 3.05) is 0 Å². The minimum Gasteiger partial charge on any atom is -0.435 e. The minimum atomic E-state index is -0.848. The monoisotopic (exact) mass is 350 g/mol. The number of primary amides is 1. The van der Waals surface area contributed by atoms with Crippen LogP contribution in [0.5, 0.6) is 0 Å². The van der Waals surface area contributed by atoms with Crippen molar-refractivity contribution in [3.05, 3.63) is 78.0 Å². The van der Waals surface area contributed by atoms with Gasteiger partial charge in [0, 0.05) is 5.56 Å². The predicted octanol–water partition coefficient (Wildman–Crippen LogP) is 4.54. The van der Waals surface area contributed by atoms with E-state index in [9.17, 15) is 13.6 Å². The van der Waals surface area contributed by atoms with Crippen molar-refractivity contribution in [2.24, 2.45) is 5.73 Å². The lowest BCUT2D eigenvalue weighted by Crippen LogP contribution is -2.12. The van der Waals surface area contributed by atoms with Crippen LogP contribution in [0.25, 0.3) is 33.6 Å². The molecule has 0 radical (unpaired) electrons. The Bertz CT molecular complexity index is 1130. The fraction of sp³-hybridized carbons (Fsp3) is 0. The first-order valence-electron chi connectivity index (χ1n) is 7.79. The highest BCUT2D eigenvalue weighted by molar-refractivity contribution is 6.03. The van der Waals surface area contributed by atoms with Gasteiger partial charge in [0.05, 0.1) is 0 Å². The van der Waals surface area contributed by atoms with Gasteiger partial charge in [0.15, 0.2) is 11.5 Å². The zero-order valence-electron chi connectivity index (χ0n) is 13.4.